The highest BCUT2D eigenvalue weighted by molar-refractivity contribution is 6.32. The van der Waals surface area contributed by atoms with Crippen LogP contribution in [-0.2, 0) is 16.1 Å². The van der Waals surface area contributed by atoms with Crippen molar-refractivity contribution in [1.29, 1.82) is 0 Å². The van der Waals surface area contributed by atoms with E-state index in [9.17, 15) is 14.7 Å². The Balaban J connectivity index is 2.28. The molecule has 2 aromatic rings. The normalized spacial score (nSPS) is 11.1. The molecule has 136 valence electrons. The van der Waals surface area contributed by atoms with Crippen LogP contribution in [0.1, 0.15) is 28.4 Å². The van der Waals surface area contributed by atoms with Gasteiger partial charge in [0, 0.05) is 11.1 Å². The van der Waals surface area contributed by atoms with Crippen LogP contribution in [0, 0.1) is 6.92 Å². The standard InChI is InChI=1S/C20H19ClO5/c1-3-25-20(24)18(23)11-17(22)15-10-16(21)13(2)9-19(15)26-12-14-7-5-4-6-8-14/h4-11,23H,3,12H2,1-2H3/b18-11-. The number of ether oxygens (including phenoxy) is 2. The van der Waals surface area contributed by atoms with Gasteiger partial charge >= 0.3 is 5.97 Å². The fourth-order valence-electron chi connectivity index (χ4n) is 2.17. The molecule has 26 heavy (non-hydrogen) atoms. The molecule has 0 spiro atoms. The number of benzene rings is 2. The van der Waals surface area contributed by atoms with Crippen LogP contribution in [0.5, 0.6) is 5.75 Å². The first-order chi connectivity index (χ1) is 12.4. The van der Waals surface area contributed by atoms with Crippen molar-refractivity contribution in [3.8, 4) is 5.75 Å². The monoisotopic (exact) mass is 374 g/mol. The van der Waals surface area contributed by atoms with Gasteiger partial charge in [0.05, 0.1) is 12.2 Å². The van der Waals surface area contributed by atoms with Crippen molar-refractivity contribution >= 4 is 23.4 Å². The van der Waals surface area contributed by atoms with Crippen molar-refractivity contribution in [3.05, 3.63) is 76.0 Å². The van der Waals surface area contributed by atoms with E-state index in [-0.39, 0.29) is 18.8 Å². The van der Waals surface area contributed by atoms with E-state index in [1.165, 1.54) is 6.07 Å². The Morgan fingerprint density at radius 3 is 2.54 bits per heavy atom. The number of ketones is 1. The van der Waals surface area contributed by atoms with Crippen LogP contribution in [0.2, 0.25) is 5.02 Å². The number of aryl methyl sites for hydroxylation is 1. The van der Waals surface area contributed by atoms with E-state index < -0.39 is 17.5 Å². The van der Waals surface area contributed by atoms with Crippen molar-refractivity contribution in [2.45, 2.75) is 20.5 Å². The van der Waals surface area contributed by atoms with Gasteiger partial charge < -0.3 is 14.6 Å². The fourth-order valence-corrected chi connectivity index (χ4v) is 2.33. The number of esters is 1. The Hall–Kier alpha value is -2.79. The summed E-state index contributed by atoms with van der Waals surface area (Å²) in [6.07, 6.45) is 0.800. The van der Waals surface area contributed by atoms with E-state index in [4.69, 9.17) is 16.3 Å². The molecule has 1 N–H and O–H groups in total. The Bertz CT molecular complexity index is 828. The van der Waals surface area contributed by atoms with E-state index in [1.54, 1.807) is 19.9 Å². The molecule has 2 rings (SSSR count). The van der Waals surface area contributed by atoms with Crippen LogP contribution >= 0.6 is 11.6 Å². The number of hydrogen-bond acceptors (Lipinski definition) is 5. The van der Waals surface area contributed by atoms with Crippen molar-refractivity contribution in [1.82, 2.24) is 0 Å². The van der Waals surface area contributed by atoms with Crippen molar-refractivity contribution in [3.63, 3.8) is 0 Å². The lowest BCUT2D eigenvalue weighted by Crippen LogP contribution is -2.10. The summed E-state index contributed by atoms with van der Waals surface area (Å²) in [5.74, 6) is -2.04. The minimum absolute atomic E-state index is 0.0900. The molecule has 2 aromatic carbocycles. The SMILES string of the molecule is CCOC(=O)/C(O)=C/C(=O)c1cc(Cl)c(C)cc1OCc1ccccc1. The van der Waals surface area contributed by atoms with Crippen molar-refractivity contribution < 1.29 is 24.2 Å². The van der Waals surface area contributed by atoms with Gasteiger partial charge in [-0.2, -0.15) is 0 Å². The fraction of sp³-hybridized carbons (Fsp3) is 0.200. The number of allylic oxidation sites excluding steroid dienone is 1. The van der Waals surface area contributed by atoms with Gasteiger partial charge in [0.15, 0.2) is 5.78 Å². The van der Waals surface area contributed by atoms with E-state index in [0.29, 0.717) is 10.8 Å². The van der Waals surface area contributed by atoms with E-state index >= 15 is 0 Å². The molecule has 0 saturated carbocycles. The smallest absolute Gasteiger partial charge is 0.373 e. The minimum Gasteiger partial charge on any atom is -0.502 e. The third-order valence-electron chi connectivity index (χ3n) is 3.52. The molecule has 0 radical (unpaired) electrons. The predicted octanol–water partition coefficient (Wildman–Crippen LogP) is 4.42. The summed E-state index contributed by atoms with van der Waals surface area (Å²) >= 11 is 6.11. The first kappa shape index (κ1) is 19.5. The second-order valence-corrected chi connectivity index (χ2v) is 5.89. The van der Waals surface area contributed by atoms with Crippen LogP contribution in [-0.4, -0.2) is 23.5 Å². The van der Waals surface area contributed by atoms with Gasteiger partial charge in [0.2, 0.25) is 5.76 Å². The molecule has 0 amide bonds. The Labute approximate surface area is 156 Å². The molecular formula is C20H19ClO5. The zero-order valence-electron chi connectivity index (χ0n) is 14.5. The molecule has 0 aliphatic heterocycles. The number of carbonyl (C=O) groups excluding carboxylic acids is 2. The zero-order chi connectivity index (χ0) is 19.1. The van der Waals surface area contributed by atoms with Gasteiger partial charge in [0.25, 0.3) is 0 Å². The summed E-state index contributed by atoms with van der Waals surface area (Å²) in [6, 6.07) is 12.6. The summed E-state index contributed by atoms with van der Waals surface area (Å²) in [7, 11) is 0. The summed E-state index contributed by atoms with van der Waals surface area (Å²) in [6.45, 7) is 3.74. The van der Waals surface area contributed by atoms with E-state index in [1.807, 2.05) is 30.3 Å². The maximum atomic E-state index is 12.5. The molecule has 0 saturated heterocycles. The number of hydrogen-bond donors (Lipinski definition) is 1. The Morgan fingerprint density at radius 1 is 1.19 bits per heavy atom. The first-order valence-corrected chi connectivity index (χ1v) is 8.39. The summed E-state index contributed by atoms with van der Waals surface area (Å²) in [5, 5.41) is 10.1. The van der Waals surface area contributed by atoms with Gasteiger partial charge in [-0.05, 0) is 37.1 Å². The number of halogens is 1. The van der Waals surface area contributed by atoms with E-state index in [2.05, 4.69) is 4.74 Å². The molecule has 0 unspecified atom stereocenters. The third-order valence-corrected chi connectivity index (χ3v) is 3.92. The quantitative estimate of drug-likeness (QED) is 0.336. The number of rotatable bonds is 7. The summed E-state index contributed by atoms with van der Waals surface area (Å²) < 4.78 is 10.4. The molecule has 0 aliphatic rings. The predicted molar refractivity (Wildman–Crippen MR) is 98.6 cm³/mol. The van der Waals surface area contributed by atoms with Gasteiger partial charge in [-0.15, -0.1) is 0 Å². The number of aliphatic hydroxyl groups excluding tert-OH is 1. The molecule has 0 atom stereocenters. The van der Waals surface area contributed by atoms with Crippen LogP contribution in [0.4, 0.5) is 0 Å². The highest BCUT2D eigenvalue weighted by Gasteiger charge is 2.17. The largest absolute Gasteiger partial charge is 0.502 e. The molecule has 0 fully saturated rings. The van der Waals surface area contributed by atoms with Crippen LogP contribution < -0.4 is 4.74 Å². The van der Waals surface area contributed by atoms with Gasteiger partial charge in [-0.25, -0.2) is 4.79 Å². The second-order valence-electron chi connectivity index (χ2n) is 5.49. The summed E-state index contributed by atoms with van der Waals surface area (Å²) in [4.78, 5) is 24.0. The molecule has 0 aromatic heterocycles. The molecule has 0 bridgehead atoms. The lowest BCUT2D eigenvalue weighted by molar-refractivity contribution is -0.141. The van der Waals surface area contributed by atoms with E-state index in [0.717, 1.165) is 17.2 Å². The summed E-state index contributed by atoms with van der Waals surface area (Å²) in [5.41, 5.74) is 1.82. The lowest BCUT2D eigenvalue weighted by atomic mass is 10.1. The molecule has 5 nitrogen and oxygen atoms in total. The van der Waals surface area contributed by atoms with Crippen molar-refractivity contribution in [2.75, 3.05) is 6.61 Å². The Morgan fingerprint density at radius 2 is 1.88 bits per heavy atom. The second kappa shape index (κ2) is 9.06. The highest BCUT2D eigenvalue weighted by Crippen LogP contribution is 2.28. The average molecular weight is 375 g/mol. The van der Waals surface area contributed by atoms with Gasteiger partial charge in [-0.3, -0.25) is 4.79 Å². The minimum atomic E-state index is -0.967. The topological polar surface area (TPSA) is 72.8 Å². The average Bonchev–Trinajstić information content (AvgIpc) is 2.63. The van der Waals surface area contributed by atoms with Crippen LogP contribution in [0.3, 0.4) is 0 Å². The zero-order valence-corrected chi connectivity index (χ0v) is 15.2. The molecular weight excluding hydrogens is 356 g/mol. The maximum Gasteiger partial charge on any atom is 0.373 e. The lowest BCUT2D eigenvalue weighted by Gasteiger charge is -2.12. The molecule has 0 heterocycles. The van der Waals surface area contributed by atoms with Crippen LogP contribution in [0.15, 0.2) is 54.3 Å². The van der Waals surface area contributed by atoms with Crippen LogP contribution in [0.25, 0.3) is 0 Å². The maximum absolute atomic E-state index is 12.5. The Kier molecular flexibility index (Phi) is 6.81. The molecule has 0 aliphatic carbocycles. The first-order valence-electron chi connectivity index (χ1n) is 8.01. The van der Waals surface area contributed by atoms with Gasteiger partial charge in [-0.1, -0.05) is 41.9 Å². The molecule has 6 heteroatoms. The van der Waals surface area contributed by atoms with Gasteiger partial charge in [0.1, 0.15) is 12.4 Å². The number of carbonyl (C=O) groups is 2. The highest BCUT2D eigenvalue weighted by atomic mass is 35.5. The third kappa shape index (κ3) is 5.10. The number of aliphatic hydroxyl groups is 1. The van der Waals surface area contributed by atoms with Crippen molar-refractivity contribution in [2.24, 2.45) is 0 Å².